The van der Waals surface area contributed by atoms with Gasteiger partial charge in [0, 0.05) is 5.20 Å². The number of halogens is 1. The smallest absolute Gasteiger partial charge is 0.273 e. The molecule has 0 amide bonds. The molecule has 0 saturated heterocycles. The molecule has 58 valence electrons. The Bertz CT molecular complexity index is 173. The Morgan fingerprint density at radius 3 is 2.20 bits per heavy atom. The molecule has 0 N–H and O–H groups in total. The van der Waals surface area contributed by atoms with E-state index in [0.717, 1.165) is 6.20 Å². The fraction of sp³-hybridized carbons (Fsp3) is 0.600. The van der Waals surface area contributed by atoms with Crippen LogP contribution >= 0.6 is 0 Å². The Morgan fingerprint density at radius 2 is 2.10 bits per heavy atom. The molecule has 0 aromatic carbocycles. The average Bonchev–Trinajstić information content (AvgIpc) is 1.60. The van der Waals surface area contributed by atoms with E-state index < -0.39 is 13.3 Å². The van der Waals surface area contributed by atoms with Gasteiger partial charge in [-0.15, -0.1) is 0 Å². The molecule has 5 heteroatoms. The zero-order valence-corrected chi connectivity index (χ0v) is 7.22. The summed E-state index contributed by atoms with van der Waals surface area (Å²) < 4.78 is 12.9. The lowest BCUT2D eigenvalue weighted by Crippen LogP contribution is -2.21. The van der Waals surface area contributed by atoms with Crippen LogP contribution in [0.3, 0.4) is 0 Å². The molecule has 0 rings (SSSR count). The third-order valence-electron chi connectivity index (χ3n) is 1.24. The minimum Gasteiger partial charge on any atom is -0.309 e. The van der Waals surface area contributed by atoms with Gasteiger partial charge in [-0.2, -0.15) is 0 Å². The van der Waals surface area contributed by atoms with Crippen LogP contribution in [0.15, 0.2) is 11.4 Å². The average molecular weight is 163 g/mol. The van der Waals surface area contributed by atoms with Crippen molar-refractivity contribution in [3.63, 3.8) is 0 Å². The fourth-order valence-electron chi connectivity index (χ4n) is 0.312. The zero-order chi connectivity index (χ0) is 8.36. The first-order chi connectivity index (χ1) is 4.34. The van der Waals surface area contributed by atoms with Crippen molar-refractivity contribution >= 4 is 8.41 Å². The normalized spacial score (nSPS) is 13.4. The summed E-state index contributed by atoms with van der Waals surface area (Å²) in [5.41, 5.74) is 0. The van der Waals surface area contributed by atoms with Crippen molar-refractivity contribution in [3.8, 4) is 0 Å². The van der Waals surface area contributed by atoms with Gasteiger partial charge in [0.15, 0.2) is 0 Å². The maximum atomic E-state index is 12.9. The van der Waals surface area contributed by atoms with Crippen LogP contribution in [0.5, 0.6) is 0 Å². The molecule has 0 bridgehead atoms. The first kappa shape index (κ1) is 9.29. The van der Waals surface area contributed by atoms with Crippen molar-refractivity contribution in [1.82, 2.24) is 0 Å². The van der Waals surface area contributed by atoms with Gasteiger partial charge in [-0.1, -0.05) is 0 Å². The van der Waals surface area contributed by atoms with E-state index in [-0.39, 0.29) is 5.20 Å². The minimum absolute atomic E-state index is 0.262. The molecule has 3 nitrogen and oxygen atoms in total. The van der Waals surface area contributed by atoms with Crippen LogP contribution in [-0.2, 0) is 0 Å². The molecule has 0 aliphatic rings. The lowest BCUT2D eigenvalue weighted by molar-refractivity contribution is -0.403. The quantitative estimate of drug-likeness (QED) is 0.270. The zero-order valence-electron chi connectivity index (χ0n) is 6.22. The molecule has 0 atom stereocenters. The van der Waals surface area contributed by atoms with E-state index in [9.17, 15) is 14.2 Å². The van der Waals surface area contributed by atoms with Gasteiger partial charge in [0.2, 0.25) is 6.20 Å². The predicted molar refractivity (Wildman–Crippen MR) is 39.3 cm³/mol. The Morgan fingerprint density at radius 1 is 1.70 bits per heavy atom. The van der Waals surface area contributed by atoms with Crippen LogP contribution < -0.4 is 0 Å². The molecule has 0 aromatic heterocycles. The largest absolute Gasteiger partial charge is 0.309 e. The highest BCUT2D eigenvalue weighted by atomic mass is 28.4. The van der Waals surface area contributed by atoms with Crippen molar-refractivity contribution in [2.45, 2.75) is 20.0 Å². The van der Waals surface area contributed by atoms with Gasteiger partial charge < -0.3 is 4.11 Å². The number of nitrogens with zero attached hydrogens (tertiary/aromatic N) is 1. The van der Waals surface area contributed by atoms with Gasteiger partial charge in [-0.25, -0.2) is 0 Å². The van der Waals surface area contributed by atoms with Crippen molar-refractivity contribution in [3.05, 3.63) is 21.5 Å². The summed E-state index contributed by atoms with van der Waals surface area (Å²) in [5, 5.41) is 10.1. The molecule has 0 saturated carbocycles. The molecule has 0 fully saturated rings. The van der Waals surface area contributed by atoms with Crippen molar-refractivity contribution in [1.29, 1.82) is 0 Å². The summed E-state index contributed by atoms with van der Waals surface area (Å²) in [6.45, 7) is 4.29. The monoisotopic (exact) mass is 163 g/mol. The second kappa shape index (κ2) is 2.91. The molecule has 0 spiro atoms. The fourth-order valence-corrected chi connectivity index (χ4v) is 0.724. The van der Waals surface area contributed by atoms with Crippen LogP contribution in [0.1, 0.15) is 6.92 Å². The SMILES string of the molecule is CC(=C[N+](=O)[O-])[Si](C)(C)F. The number of hydrogen-bond donors (Lipinski definition) is 0. The highest BCUT2D eigenvalue weighted by molar-refractivity contribution is 6.77. The Hall–Kier alpha value is -0.713. The Balaban J connectivity index is 4.35. The molecular formula is C5H10FNO2Si. The molecule has 0 heterocycles. The van der Waals surface area contributed by atoms with E-state index in [4.69, 9.17) is 0 Å². The van der Waals surface area contributed by atoms with E-state index in [0.29, 0.717) is 0 Å². The first-order valence-electron chi connectivity index (χ1n) is 2.85. The first-order valence-corrected chi connectivity index (χ1v) is 5.73. The summed E-state index contributed by atoms with van der Waals surface area (Å²) in [5.74, 6) is 0. The maximum Gasteiger partial charge on any atom is 0.273 e. The topological polar surface area (TPSA) is 43.1 Å². The molecule has 0 aliphatic heterocycles. The molecule has 0 aliphatic carbocycles. The predicted octanol–water partition coefficient (Wildman–Crippen LogP) is 1.88. The molecule has 0 radical (unpaired) electrons. The van der Waals surface area contributed by atoms with Gasteiger partial charge in [-0.05, 0) is 20.0 Å². The van der Waals surface area contributed by atoms with Crippen molar-refractivity contribution in [2.24, 2.45) is 0 Å². The van der Waals surface area contributed by atoms with Crippen molar-refractivity contribution in [2.75, 3.05) is 0 Å². The summed E-state index contributed by atoms with van der Waals surface area (Å²) in [7, 11) is -2.90. The van der Waals surface area contributed by atoms with E-state index in [1.807, 2.05) is 0 Å². The lowest BCUT2D eigenvalue weighted by atomic mass is 10.7. The molecule has 0 unspecified atom stereocenters. The minimum atomic E-state index is -2.90. The third kappa shape index (κ3) is 3.34. The highest BCUT2D eigenvalue weighted by Gasteiger charge is 2.25. The van der Waals surface area contributed by atoms with Crippen LogP contribution in [0.2, 0.25) is 13.1 Å². The van der Waals surface area contributed by atoms with Crippen LogP contribution in [0, 0.1) is 10.1 Å². The second-order valence-electron chi connectivity index (χ2n) is 2.57. The number of rotatable bonds is 2. The van der Waals surface area contributed by atoms with Crippen LogP contribution in [0.4, 0.5) is 4.11 Å². The van der Waals surface area contributed by atoms with E-state index in [2.05, 4.69) is 0 Å². The Kier molecular flexibility index (Phi) is 2.71. The van der Waals surface area contributed by atoms with Gasteiger partial charge in [0.05, 0.1) is 4.92 Å². The highest BCUT2D eigenvalue weighted by Crippen LogP contribution is 2.14. The lowest BCUT2D eigenvalue weighted by Gasteiger charge is -2.07. The van der Waals surface area contributed by atoms with Crippen LogP contribution in [0.25, 0.3) is 0 Å². The summed E-state index contributed by atoms with van der Waals surface area (Å²) >= 11 is 0. The summed E-state index contributed by atoms with van der Waals surface area (Å²) in [4.78, 5) is 9.22. The molecule has 0 aromatic rings. The maximum absolute atomic E-state index is 12.9. The molecule has 10 heavy (non-hydrogen) atoms. The second-order valence-corrected chi connectivity index (χ2v) is 6.30. The molecular weight excluding hydrogens is 153 g/mol. The number of allylic oxidation sites excluding steroid dienone is 1. The third-order valence-corrected chi connectivity index (χ3v) is 3.24. The summed E-state index contributed by atoms with van der Waals surface area (Å²) in [6.07, 6.45) is 0.742. The van der Waals surface area contributed by atoms with Gasteiger partial charge in [0.1, 0.15) is 0 Å². The van der Waals surface area contributed by atoms with Gasteiger partial charge >= 0.3 is 0 Å². The van der Waals surface area contributed by atoms with E-state index in [1.165, 1.54) is 20.0 Å². The standard InChI is InChI=1S/C5H10FNO2Si/c1-5(4-7(8)9)10(2,3)6/h4H,1-3H3. The number of nitro groups is 1. The van der Waals surface area contributed by atoms with Gasteiger partial charge in [0.25, 0.3) is 8.41 Å². The van der Waals surface area contributed by atoms with Crippen LogP contribution in [-0.4, -0.2) is 13.3 Å². The van der Waals surface area contributed by atoms with Gasteiger partial charge in [-0.3, -0.25) is 10.1 Å². The summed E-state index contributed by atoms with van der Waals surface area (Å²) in [6, 6.07) is 0. The van der Waals surface area contributed by atoms with E-state index in [1.54, 1.807) is 0 Å². The van der Waals surface area contributed by atoms with E-state index >= 15 is 0 Å². The Labute approximate surface area is 59.9 Å². The number of hydrogen-bond acceptors (Lipinski definition) is 2. The van der Waals surface area contributed by atoms with Crippen molar-refractivity contribution < 1.29 is 9.03 Å².